The lowest BCUT2D eigenvalue weighted by molar-refractivity contribution is 0.0730. The minimum absolute atomic E-state index is 0.206. The third-order valence-corrected chi connectivity index (χ3v) is 6.35. The predicted molar refractivity (Wildman–Crippen MR) is 102 cm³/mol. The van der Waals surface area contributed by atoms with Gasteiger partial charge in [-0.25, -0.2) is 8.42 Å². The van der Waals surface area contributed by atoms with Crippen LogP contribution in [0.25, 0.3) is 0 Å². The number of sulfonamides is 1. The molecule has 0 radical (unpaired) electrons. The molecule has 0 unspecified atom stereocenters. The fourth-order valence-electron chi connectivity index (χ4n) is 2.82. The normalized spacial score (nSPS) is 15.6. The van der Waals surface area contributed by atoms with E-state index in [1.807, 2.05) is 6.92 Å². The van der Waals surface area contributed by atoms with Crippen molar-refractivity contribution in [1.82, 2.24) is 14.9 Å². The largest absolute Gasteiger partial charge is 0.383 e. The van der Waals surface area contributed by atoms with Gasteiger partial charge in [0.25, 0.3) is 5.91 Å². The number of carbonyl (C=O) groups excluding carboxylic acids is 1. The summed E-state index contributed by atoms with van der Waals surface area (Å²) in [4.78, 5) is 12.6. The number of morpholine rings is 1. The number of nitrogens with one attached hydrogen (secondary N) is 2. The maximum Gasteiger partial charge on any atom is 0.251 e. The molecular weight excluding hydrogens is 370 g/mol. The van der Waals surface area contributed by atoms with Gasteiger partial charge in [0.2, 0.25) is 10.0 Å². The molecule has 0 bridgehead atoms. The zero-order valence-electron chi connectivity index (χ0n) is 16.0. The summed E-state index contributed by atoms with van der Waals surface area (Å²) in [7, 11) is -2.02. The highest BCUT2D eigenvalue weighted by atomic mass is 32.2. The molecule has 152 valence electrons. The highest BCUT2D eigenvalue weighted by molar-refractivity contribution is 7.89. The van der Waals surface area contributed by atoms with E-state index in [9.17, 15) is 13.2 Å². The number of benzene rings is 1. The summed E-state index contributed by atoms with van der Waals surface area (Å²) in [5.74, 6) is -0.287. The first-order chi connectivity index (χ1) is 13.0. The monoisotopic (exact) mass is 399 g/mol. The lowest BCUT2D eigenvalue weighted by Crippen LogP contribution is -2.41. The van der Waals surface area contributed by atoms with Gasteiger partial charge in [0, 0.05) is 45.4 Å². The molecule has 8 nitrogen and oxygen atoms in total. The number of amides is 1. The molecule has 1 fully saturated rings. The summed E-state index contributed by atoms with van der Waals surface area (Å²) < 4.78 is 37.6. The molecule has 1 aromatic rings. The molecule has 1 amide bonds. The summed E-state index contributed by atoms with van der Waals surface area (Å²) in [6, 6.07) is 4.88. The van der Waals surface area contributed by atoms with Crippen LogP contribution in [-0.4, -0.2) is 78.3 Å². The van der Waals surface area contributed by atoms with Crippen LogP contribution in [0.4, 0.5) is 0 Å². The Kier molecular flexibility index (Phi) is 8.65. The van der Waals surface area contributed by atoms with E-state index in [-0.39, 0.29) is 10.8 Å². The lowest BCUT2D eigenvalue weighted by Gasteiger charge is -2.27. The Hall–Kier alpha value is -1.52. The van der Waals surface area contributed by atoms with Gasteiger partial charge in [-0.2, -0.15) is 4.31 Å². The van der Waals surface area contributed by atoms with Crippen LogP contribution < -0.4 is 10.6 Å². The highest BCUT2D eigenvalue weighted by Crippen LogP contribution is 2.23. The van der Waals surface area contributed by atoms with Crippen molar-refractivity contribution in [1.29, 1.82) is 0 Å². The second-order valence-electron chi connectivity index (χ2n) is 6.19. The Morgan fingerprint density at radius 1 is 1.22 bits per heavy atom. The molecule has 1 aromatic carbocycles. The SMILES string of the molecule is CCc1ccc(C(=O)NCCNCCOC)cc1S(=O)(=O)N1CCOCC1. The molecule has 2 N–H and O–H groups in total. The third-order valence-electron chi connectivity index (χ3n) is 4.37. The van der Waals surface area contributed by atoms with E-state index >= 15 is 0 Å². The van der Waals surface area contributed by atoms with Crippen LogP contribution in [0.1, 0.15) is 22.8 Å². The average Bonchev–Trinajstić information content (AvgIpc) is 2.70. The van der Waals surface area contributed by atoms with Crippen LogP contribution >= 0.6 is 0 Å². The lowest BCUT2D eigenvalue weighted by atomic mass is 10.1. The van der Waals surface area contributed by atoms with Crippen molar-refractivity contribution in [3.8, 4) is 0 Å². The fraction of sp³-hybridized carbons (Fsp3) is 0.611. The van der Waals surface area contributed by atoms with Gasteiger partial charge >= 0.3 is 0 Å². The summed E-state index contributed by atoms with van der Waals surface area (Å²) in [5.41, 5.74) is 1.05. The molecule has 0 aromatic heterocycles. The van der Waals surface area contributed by atoms with E-state index in [1.165, 1.54) is 10.4 Å². The van der Waals surface area contributed by atoms with E-state index in [0.29, 0.717) is 70.1 Å². The third kappa shape index (κ3) is 5.98. The van der Waals surface area contributed by atoms with Gasteiger partial charge in [-0.05, 0) is 24.1 Å². The highest BCUT2D eigenvalue weighted by Gasteiger charge is 2.28. The molecule has 0 saturated carbocycles. The number of hydrogen-bond donors (Lipinski definition) is 2. The number of methoxy groups -OCH3 is 1. The summed E-state index contributed by atoms with van der Waals surface area (Å²) in [6.45, 7) is 5.70. The van der Waals surface area contributed by atoms with Crippen LogP contribution in [-0.2, 0) is 25.9 Å². The van der Waals surface area contributed by atoms with Crippen LogP contribution in [0.3, 0.4) is 0 Å². The van der Waals surface area contributed by atoms with Crippen molar-refractivity contribution >= 4 is 15.9 Å². The number of hydrogen-bond acceptors (Lipinski definition) is 6. The Labute approximate surface area is 161 Å². The first kappa shape index (κ1) is 21.8. The Bertz CT molecular complexity index is 718. The standard InChI is InChI=1S/C18H29N3O5S/c1-3-15-4-5-16(18(22)20-7-6-19-8-11-25-2)14-17(15)27(23,24)21-9-12-26-13-10-21/h4-5,14,19H,3,6-13H2,1-2H3,(H,20,22). The van der Waals surface area contributed by atoms with Crippen molar-refractivity contribution in [3.63, 3.8) is 0 Å². The van der Waals surface area contributed by atoms with E-state index in [0.717, 1.165) is 0 Å². The molecule has 2 rings (SSSR count). The molecule has 0 aliphatic carbocycles. The quantitative estimate of drug-likeness (QED) is 0.547. The van der Waals surface area contributed by atoms with Gasteiger partial charge < -0.3 is 20.1 Å². The fourth-order valence-corrected chi connectivity index (χ4v) is 4.55. The van der Waals surface area contributed by atoms with Gasteiger partial charge in [-0.15, -0.1) is 0 Å². The summed E-state index contributed by atoms with van der Waals surface area (Å²) >= 11 is 0. The molecule has 0 atom stereocenters. The molecule has 1 heterocycles. The zero-order valence-corrected chi connectivity index (χ0v) is 16.8. The first-order valence-corrected chi connectivity index (χ1v) is 10.6. The number of ether oxygens (including phenoxy) is 2. The van der Waals surface area contributed by atoms with Crippen molar-refractivity contribution in [2.75, 3.05) is 59.7 Å². The maximum absolute atomic E-state index is 13.0. The summed E-state index contributed by atoms with van der Waals surface area (Å²) in [6.07, 6.45) is 0.574. The minimum atomic E-state index is -3.65. The Balaban J connectivity index is 2.08. The molecule has 9 heteroatoms. The molecular formula is C18H29N3O5S. The number of nitrogens with zero attached hydrogens (tertiary/aromatic N) is 1. The van der Waals surface area contributed by atoms with Gasteiger partial charge in [-0.3, -0.25) is 4.79 Å². The molecule has 1 aliphatic heterocycles. The van der Waals surface area contributed by atoms with Crippen molar-refractivity contribution in [3.05, 3.63) is 29.3 Å². The van der Waals surface area contributed by atoms with E-state index in [2.05, 4.69) is 10.6 Å². The van der Waals surface area contributed by atoms with Gasteiger partial charge in [0.15, 0.2) is 0 Å². The van der Waals surface area contributed by atoms with Crippen LogP contribution in [0.5, 0.6) is 0 Å². The Morgan fingerprint density at radius 2 is 1.96 bits per heavy atom. The van der Waals surface area contributed by atoms with Crippen LogP contribution in [0.2, 0.25) is 0 Å². The second-order valence-corrected chi connectivity index (χ2v) is 8.10. The van der Waals surface area contributed by atoms with Gasteiger partial charge in [0.05, 0.1) is 24.7 Å². The Morgan fingerprint density at radius 3 is 2.63 bits per heavy atom. The van der Waals surface area contributed by atoms with Crippen LogP contribution in [0, 0.1) is 0 Å². The zero-order chi connectivity index (χ0) is 19.7. The van der Waals surface area contributed by atoms with Crippen LogP contribution in [0.15, 0.2) is 23.1 Å². The predicted octanol–water partition coefficient (Wildman–Crippen LogP) is 0.236. The molecule has 1 aliphatic rings. The average molecular weight is 400 g/mol. The van der Waals surface area contributed by atoms with Crippen molar-refractivity contribution in [2.45, 2.75) is 18.2 Å². The first-order valence-electron chi connectivity index (χ1n) is 9.19. The number of aryl methyl sites for hydroxylation is 1. The molecule has 1 saturated heterocycles. The maximum atomic E-state index is 13.0. The minimum Gasteiger partial charge on any atom is -0.383 e. The van der Waals surface area contributed by atoms with E-state index in [1.54, 1.807) is 19.2 Å². The van der Waals surface area contributed by atoms with E-state index in [4.69, 9.17) is 9.47 Å². The molecule has 27 heavy (non-hydrogen) atoms. The van der Waals surface area contributed by atoms with Crippen molar-refractivity contribution < 1.29 is 22.7 Å². The number of rotatable bonds is 10. The smallest absolute Gasteiger partial charge is 0.251 e. The van der Waals surface area contributed by atoms with Gasteiger partial charge in [-0.1, -0.05) is 13.0 Å². The second kappa shape index (κ2) is 10.7. The topological polar surface area (TPSA) is 97.0 Å². The number of carbonyl (C=O) groups is 1. The molecule has 0 spiro atoms. The van der Waals surface area contributed by atoms with Crippen molar-refractivity contribution in [2.24, 2.45) is 0 Å². The summed E-state index contributed by atoms with van der Waals surface area (Å²) in [5, 5.41) is 5.94. The van der Waals surface area contributed by atoms with E-state index < -0.39 is 10.0 Å². The van der Waals surface area contributed by atoms with Gasteiger partial charge in [0.1, 0.15) is 0 Å².